The van der Waals surface area contributed by atoms with Gasteiger partial charge in [-0.2, -0.15) is 5.26 Å². The fourth-order valence-electron chi connectivity index (χ4n) is 2.46. The number of nitriles is 1. The Bertz CT molecular complexity index is 620. The molecule has 0 aliphatic carbocycles. The van der Waals surface area contributed by atoms with Gasteiger partial charge in [0.2, 0.25) is 0 Å². The molecule has 1 aromatic heterocycles. The third-order valence-electron chi connectivity index (χ3n) is 3.37. The van der Waals surface area contributed by atoms with Gasteiger partial charge in [-0.05, 0) is 30.0 Å². The molecular weight excluding hydrogens is 244 g/mol. The van der Waals surface area contributed by atoms with Crippen molar-refractivity contribution in [2.24, 2.45) is 0 Å². The standard InChI is InChI=1S/C14H14N2OS/c1-10-8-13(16-3-5-17-6-4-16)12(9-15)11-2-7-18-14(10)11/h2,7-8H,3-6H2,1H3. The largest absolute Gasteiger partial charge is 0.378 e. The van der Waals surface area contributed by atoms with Crippen LogP contribution < -0.4 is 4.90 Å². The van der Waals surface area contributed by atoms with Gasteiger partial charge in [-0.3, -0.25) is 0 Å². The van der Waals surface area contributed by atoms with Crippen molar-refractivity contribution in [3.05, 3.63) is 28.6 Å². The van der Waals surface area contributed by atoms with E-state index in [1.807, 2.05) is 0 Å². The quantitative estimate of drug-likeness (QED) is 0.789. The van der Waals surface area contributed by atoms with E-state index in [-0.39, 0.29) is 0 Å². The number of rotatable bonds is 1. The number of morpholine rings is 1. The van der Waals surface area contributed by atoms with Crippen molar-refractivity contribution in [1.29, 1.82) is 5.26 Å². The average molecular weight is 258 g/mol. The summed E-state index contributed by atoms with van der Waals surface area (Å²) in [5.74, 6) is 0. The number of ether oxygens (including phenoxy) is 1. The number of anilines is 1. The van der Waals surface area contributed by atoms with Crippen LogP contribution in [-0.2, 0) is 4.74 Å². The lowest BCUT2D eigenvalue weighted by molar-refractivity contribution is 0.122. The minimum atomic E-state index is 0.742. The van der Waals surface area contributed by atoms with E-state index in [4.69, 9.17) is 4.74 Å². The van der Waals surface area contributed by atoms with Gasteiger partial charge in [-0.25, -0.2) is 0 Å². The van der Waals surface area contributed by atoms with Crippen LogP contribution in [-0.4, -0.2) is 26.3 Å². The van der Waals surface area contributed by atoms with Crippen LogP contribution in [0.4, 0.5) is 5.69 Å². The lowest BCUT2D eigenvalue weighted by Gasteiger charge is -2.30. The summed E-state index contributed by atoms with van der Waals surface area (Å²) in [4.78, 5) is 2.26. The van der Waals surface area contributed by atoms with E-state index in [1.165, 1.54) is 10.3 Å². The second kappa shape index (κ2) is 4.60. The Hall–Kier alpha value is -1.57. The molecule has 1 aliphatic rings. The summed E-state index contributed by atoms with van der Waals surface area (Å²) in [6.07, 6.45) is 0. The van der Waals surface area contributed by atoms with Gasteiger partial charge in [0.1, 0.15) is 6.07 Å². The van der Waals surface area contributed by atoms with Crippen molar-refractivity contribution in [2.75, 3.05) is 31.2 Å². The number of benzene rings is 1. The SMILES string of the molecule is Cc1cc(N2CCOCC2)c(C#N)c2ccsc12. The van der Waals surface area contributed by atoms with Crippen LogP contribution in [0.15, 0.2) is 17.5 Å². The monoisotopic (exact) mass is 258 g/mol. The highest BCUT2D eigenvalue weighted by Gasteiger charge is 2.18. The molecule has 0 saturated carbocycles. The van der Waals surface area contributed by atoms with Crippen molar-refractivity contribution < 1.29 is 4.74 Å². The number of hydrogen-bond donors (Lipinski definition) is 0. The molecule has 4 heteroatoms. The third-order valence-corrected chi connectivity index (χ3v) is 4.42. The first-order chi connectivity index (χ1) is 8.81. The normalized spacial score (nSPS) is 15.9. The van der Waals surface area contributed by atoms with Crippen LogP contribution in [0.3, 0.4) is 0 Å². The zero-order valence-electron chi connectivity index (χ0n) is 10.3. The number of thiophene rings is 1. The van der Waals surface area contributed by atoms with Crippen LogP contribution in [0.5, 0.6) is 0 Å². The molecule has 92 valence electrons. The molecule has 1 fully saturated rings. The van der Waals surface area contributed by atoms with Crippen LogP contribution >= 0.6 is 11.3 Å². The lowest BCUT2D eigenvalue weighted by atomic mass is 10.0. The Kier molecular flexibility index (Phi) is 2.94. The van der Waals surface area contributed by atoms with Crippen molar-refractivity contribution in [3.63, 3.8) is 0 Å². The fraction of sp³-hybridized carbons (Fsp3) is 0.357. The first-order valence-corrected chi connectivity index (χ1v) is 6.93. The second-order valence-corrected chi connectivity index (χ2v) is 5.38. The minimum Gasteiger partial charge on any atom is -0.378 e. The average Bonchev–Trinajstić information content (AvgIpc) is 2.89. The first-order valence-electron chi connectivity index (χ1n) is 6.05. The van der Waals surface area contributed by atoms with Crippen molar-refractivity contribution in [1.82, 2.24) is 0 Å². The first kappa shape index (κ1) is 11.5. The van der Waals surface area contributed by atoms with E-state index in [0.717, 1.165) is 42.9 Å². The number of aryl methyl sites for hydroxylation is 1. The van der Waals surface area contributed by atoms with Gasteiger partial charge in [0.15, 0.2) is 0 Å². The maximum absolute atomic E-state index is 9.45. The molecule has 2 aromatic rings. The van der Waals surface area contributed by atoms with Crippen LogP contribution in [0.1, 0.15) is 11.1 Å². The van der Waals surface area contributed by atoms with Gasteiger partial charge < -0.3 is 9.64 Å². The molecule has 0 atom stereocenters. The van der Waals surface area contributed by atoms with E-state index in [0.29, 0.717) is 0 Å². The highest BCUT2D eigenvalue weighted by atomic mass is 32.1. The number of hydrogen-bond acceptors (Lipinski definition) is 4. The molecule has 0 spiro atoms. The maximum Gasteiger partial charge on any atom is 0.102 e. The molecule has 0 radical (unpaired) electrons. The van der Waals surface area contributed by atoms with E-state index in [2.05, 4.69) is 35.4 Å². The van der Waals surface area contributed by atoms with E-state index in [1.54, 1.807) is 11.3 Å². The van der Waals surface area contributed by atoms with Gasteiger partial charge in [0.05, 0.1) is 24.5 Å². The zero-order chi connectivity index (χ0) is 12.5. The van der Waals surface area contributed by atoms with Crippen molar-refractivity contribution >= 4 is 27.1 Å². The molecule has 1 aliphatic heterocycles. The molecule has 0 bridgehead atoms. The summed E-state index contributed by atoms with van der Waals surface area (Å²) in [6, 6.07) is 6.57. The van der Waals surface area contributed by atoms with E-state index < -0.39 is 0 Å². The van der Waals surface area contributed by atoms with Crippen LogP contribution in [0.2, 0.25) is 0 Å². The van der Waals surface area contributed by atoms with E-state index >= 15 is 0 Å². The van der Waals surface area contributed by atoms with Gasteiger partial charge >= 0.3 is 0 Å². The molecule has 18 heavy (non-hydrogen) atoms. The number of nitrogens with zero attached hydrogens (tertiary/aromatic N) is 2. The summed E-state index contributed by atoms with van der Waals surface area (Å²) in [7, 11) is 0. The molecule has 3 nitrogen and oxygen atoms in total. The van der Waals surface area contributed by atoms with Crippen LogP contribution in [0, 0.1) is 18.3 Å². The Morgan fingerprint density at radius 3 is 2.89 bits per heavy atom. The second-order valence-electron chi connectivity index (χ2n) is 4.46. The van der Waals surface area contributed by atoms with E-state index in [9.17, 15) is 5.26 Å². The predicted molar refractivity (Wildman–Crippen MR) is 74.3 cm³/mol. The minimum absolute atomic E-state index is 0.742. The van der Waals surface area contributed by atoms with Gasteiger partial charge in [-0.15, -0.1) is 11.3 Å². The summed E-state index contributed by atoms with van der Waals surface area (Å²) < 4.78 is 6.60. The molecule has 0 unspecified atom stereocenters. The summed E-state index contributed by atoms with van der Waals surface area (Å²) >= 11 is 1.70. The molecule has 0 N–H and O–H groups in total. The Balaban J connectivity index is 2.18. The Morgan fingerprint density at radius 1 is 1.39 bits per heavy atom. The fourth-order valence-corrected chi connectivity index (χ4v) is 3.35. The lowest BCUT2D eigenvalue weighted by Crippen LogP contribution is -2.36. The molecule has 1 aromatic carbocycles. The molecule has 0 amide bonds. The highest BCUT2D eigenvalue weighted by Crippen LogP contribution is 2.34. The molecule has 2 heterocycles. The van der Waals surface area contributed by atoms with Gasteiger partial charge in [0, 0.05) is 23.2 Å². The Morgan fingerprint density at radius 2 is 2.17 bits per heavy atom. The summed E-state index contributed by atoms with van der Waals surface area (Å²) in [5.41, 5.74) is 3.11. The van der Waals surface area contributed by atoms with Gasteiger partial charge in [0.25, 0.3) is 0 Å². The third kappa shape index (κ3) is 1.76. The number of fused-ring (bicyclic) bond motifs is 1. The smallest absolute Gasteiger partial charge is 0.102 e. The highest BCUT2D eigenvalue weighted by molar-refractivity contribution is 7.17. The zero-order valence-corrected chi connectivity index (χ0v) is 11.1. The molecule has 3 rings (SSSR count). The van der Waals surface area contributed by atoms with Crippen molar-refractivity contribution in [3.8, 4) is 6.07 Å². The van der Waals surface area contributed by atoms with Gasteiger partial charge in [-0.1, -0.05) is 0 Å². The maximum atomic E-state index is 9.45. The molecule has 1 saturated heterocycles. The van der Waals surface area contributed by atoms with Crippen LogP contribution in [0.25, 0.3) is 10.1 Å². The molecular formula is C14H14N2OS. The summed E-state index contributed by atoms with van der Waals surface area (Å²) in [6.45, 7) is 5.33. The Labute approximate surface area is 110 Å². The summed E-state index contributed by atoms with van der Waals surface area (Å²) in [5, 5.41) is 12.6. The predicted octanol–water partition coefficient (Wildman–Crippen LogP) is 2.92. The van der Waals surface area contributed by atoms with Crippen molar-refractivity contribution in [2.45, 2.75) is 6.92 Å². The topological polar surface area (TPSA) is 36.3 Å².